The van der Waals surface area contributed by atoms with Crippen LogP contribution >= 0.6 is 11.6 Å². The maximum atomic E-state index is 14.8. The molecule has 54 heavy (non-hydrogen) atoms. The average molecular weight is 784 g/mol. The number of hydrogen-bond acceptors (Lipinski definition) is 11. The third-order valence-corrected chi connectivity index (χ3v) is 13.4. The molecule has 3 amide bonds. The van der Waals surface area contributed by atoms with Crippen LogP contribution in [0.25, 0.3) is 0 Å². The second-order valence-corrected chi connectivity index (χ2v) is 19.2. The Morgan fingerprint density at radius 1 is 0.963 bits per heavy atom. The fraction of sp³-hybridized carbons (Fsp3) is 0.447. The van der Waals surface area contributed by atoms with Gasteiger partial charge in [0.1, 0.15) is 18.3 Å². The van der Waals surface area contributed by atoms with E-state index in [-0.39, 0.29) is 44.5 Å². The number of carbonyl (C=O) groups is 3. The van der Waals surface area contributed by atoms with Crippen molar-refractivity contribution in [3.05, 3.63) is 94.5 Å². The van der Waals surface area contributed by atoms with E-state index < -0.39 is 68.1 Å². The zero-order valence-corrected chi connectivity index (χ0v) is 31.8. The molecule has 14 nitrogen and oxygen atoms in total. The quantitative estimate of drug-likeness (QED) is 0.140. The highest BCUT2D eigenvalue weighted by Crippen LogP contribution is 2.60. The van der Waals surface area contributed by atoms with Crippen LogP contribution in [0.2, 0.25) is 23.7 Å². The number of benzene rings is 3. The van der Waals surface area contributed by atoms with Crippen molar-refractivity contribution >= 4 is 49.0 Å². The number of amides is 3. The molecule has 9 atom stereocenters. The largest absolute Gasteiger partial charge is 0.432 e. The Morgan fingerprint density at radius 3 is 2.30 bits per heavy atom. The van der Waals surface area contributed by atoms with E-state index >= 15 is 0 Å². The van der Waals surface area contributed by atoms with Gasteiger partial charge in [0.05, 0.1) is 31.4 Å². The lowest BCUT2D eigenvalue weighted by Crippen LogP contribution is -2.60. The zero-order chi connectivity index (χ0) is 39.1. The van der Waals surface area contributed by atoms with Crippen molar-refractivity contribution in [1.82, 2.24) is 4.90 Å². The monoisotopic (exact) mass is 783 g/mol. The molecule has 3 aromatic carbocycles. The van der Waals surface area contributed by atoms with Crippen LogP contribution in [0, 0.1) is 5.92 Å². The second-order valence-electron chi connectivity index (χ2n) is 14.7. The Hall–Kier alpha value is -3.74. The third-order valence-electron chi connectivity index (χ3n) is 10.7. The highest BCUT2D eigenvalue weighted by molar-refractivity contribution is 6.71. The molecule has 0 bridgehead atoms. The number of nitrogens with zero attached hydrogens (tertiary/aromatic N) is 2. The van der Waals surface area contributed by atoms with Crippen molar-refractivity contribution < 1.29 is 54.2 Å². The Kier molecular flexibility index (Phi) is 11.7. The number of carbonyl (C=O) groups excluding carboxylic acids is 3. The smallest absolute Gasteiger partial charge is 0.264 e. The molecule has 0 aliphatic carbocycles. The minimum atomic E-state index is -3.09. The van der Waals surface area contributed by atoms with Gasteiger partial charge in [-0.15, -0.1) is 0 Å². The highest BCUT2D eigenvalue weighted by Gasteiger charge is 2.66. The summed E-state index contributed by atoms with van der Waals surface area (Å²) in [7, 11) is -3.09. The summed E-state index contributed by atoms with van der Waals surface area (Å²) >= 11 is 6.53. The maximum Gasteiger partial charge on any atom is 0.264 e. The summed E-state index contributed by atoms with van der Waals surface area (Å²) < 4.78 is 11.8. The van der Waals surface area contributed by atoms with E-state index in [9.17, 15) is 44.7 Å². The van der Waals surface area contributed by atoms with E-state index in [1.807, 2.05) is 37.3 Å². The van der Waals surface area contributed by atoms with Crippen molar-refractivity contribution in [2.24, 2.45) is 5.92 Å². The number of nitrogens with one attached hydrogen (secondary N) is 1. The first kappa shape index (κ1) is 39.9. The predicted octanol–water partition coefficient (Wildman–Crippen LogP) is 1.83. The van der Waals surface area contributed by atoms with E-state index in [1.54, 1.807) is 65.4 Å². The normalized spacial score (nSPS) is 29.4. The summed E-state index contributed by atoms with van der Waals surface area (Å²) in [6.45, 7) is 5.65. The lowest BCUT2D eigenvalue weighted by molar-refractivity contribution is -0.274. The van der Waals surface area contributed by atoms with E-state index in [4.69, 9.17) is 21.1 Å². The van der Waals surface area contributed by atoms with Crippen LogP contribution in [0.3, 0.4) is 0 Å². The Balaban J connectivity index is 1.24. The number of aliphatic hydroxyl groups is 5. The van der Waals surface area contributed by atoms with E-state index in [0.717, 1.165) is 5.56 Å². The van der Waals surface area contributed by atoms with Crippen molar-refractivity contribution in [3.63, 3.8) is 0 Å². The molecule has 16 heteroatoms. The van der Waals surface area contributed by atoms with Crippen LogP contribution in [0.4, 0.5) is 11.4 Å². The number of halogens is 1. The van der Waals surface area contributed by atoms with E-state index in [1.165, 1.54) is 0 Å². The van der Waals surface area contributed by atoms with Gasteiger partial charge in [-0.2, -0.15) is 0 Å². The summed E-state index contributed by atoms with van der Waals surface area (Å²) in [5.74, 6) is -2.06. The molecule has 0 saturated carbocycles. The Bertz CT molecular complexity index is 1850. The molecule has 3 aliphatic heterocycles. The van der Waals surface area contributed by atoms with Gasteiger partial charge >= 0.3 is 0 Å². The molecule has 7 N–H and O–H groups in total. The molecule has 0 radical (unpaired) electrons. The molecule has 3 heterocycles. The minimum absolute atomic E-state index is 0.0931. The van der Waals surface area contributed by atoms with Gasteiger partial charge in [0.25, 0.3) is 11.8 Å². The standard InChI is InChI=1S/C38H46ClN3O11Si/c1-21-34(54(2,3)51)28(18-29(44)41(15-16-43)19-22-7-5-4-6-8-22)53-38(21)26-17-24(39)11-14-27(26)42(37(38)50)20-23-9-12-25(13-10-23)40-35(48)33-31(46)30(45)32(47)36(49)52-33/h4-14,17,21,28,30-34,36,43,45-47,49,51H,15-16,18-20H2,1-3H3,(H,40,48)/t21-,28+,30-,31-,32+,33-,34-,36+,38+/m0/s1. The topological polar surface area (TPSA) is 210 Å². The van der Waals surface area contributed by atoms with Gasteiger partial charge in [-0.05, 0) is 54.6 Å². The lowest BCUT2D eigenvalue weighted by Gasteiger charge is -2.37. The van der Waals surface area contributed by atoms with Gasteiger partial charge in [-0.1, -0.05) is 61.0 Å². The summed E-state index contributed by atoms with van der Waals surface area (Å²) in [6, 6.07) is 21.0. The van der Waals surface area contributed by atoms with Gasteiger partial charge in [-0.3, -0.25) is 14.4 Å². The van der Waals surface area contributed by atoms with Gasteiger partial charge in [0.2, 0.25) is 5.91 Å². The molecule has 1 spiro atoms. The van der Waals surface area contributed by atoms with E-state index in [0.29, 0.717) is 27.5 Å². The van der Waals surface area contributed by atoms with Crippen molar-refractivity contribution in [3.8, 4) is 0 Å². The van der Waals surface area contributed by atoms with Crippen LogP contribution in [0.5, 0.6) is 0 Å². The SMILES string of the molecule is C[C@H]1[C@H]([Si](C)(C)O)[C@@H](CC(=O)N(CCO)Cc2ccccc2)O[C@]12C(=O)N(Cc1ccc(NC(=O)[C@H]3O[C@@H](O)[C@H](O)[C@@H](O)[C@@H]3O)cc1)c1ccc(Cl)cc12. The first-order chi connectivity index (χ1) is 25.6. The Labute approximate surface area is 318 Å². The summed E-state index contributed by atoms with van der Waals surface area (Å²) in [6.07, 6.45) is -9.80. The Morgan fingerprint density at radius 2 is 1.65 bits per heavy atom. The second kappa shape index (κ2) is 15.8. The maximum absolute atomic E-state index is 14.8. The lowest BCUT2D eigenvalue weighted by atomic mass is 9.82. The fourth-order valence-corrected chi connectivity index (χ4v) is 10.8. The van der Waals surface area contributed by atoms with Crippen molar-refractivity contribution in [2.75, 3.05) is 23.4 Å². The first-order valence-electron chi connectivity index (χ1n) is 17.8. The van der Waals surface area contributed by atoms with Crippen LogP contribution in [0.15, 0.2) is 72.8 Å². The van der Waals surface area contributed by atoms with Crippen LogP contribution < -0.4 is 10.2 Å². The number of anilines is 2. The third kappa shape index (κ3) is 7.58. The number of ether oxygens (including phenoxy) is 2. The zero-order valence-electron chi connectivity index (χ0n) is 30.1. The molecule has 3 aliphatic rings. The average Bonchev–Trinajstić information content (AvgIpc) is 3.55. The molecule has 3 aromatic rings. The van der Waals surface area contributed by atoms with Gasteiger partial charge in [0, 0.05) is 40.8 Å². The van der Waals surface area contributed by atoms with Gasteiger partial charge in [-0.25, -0.2) is 0 Å². The number of fused-ring (bicyclic) bond motifs is 2. The number of aliphatic hydroxyl groups excluding tert-OH is 5. The van der Waals surface area contributed by atoms with Gasteiger partial charge in [0.15, 0.2) is 26.3 Å². The molecule has 2 fully saturated rings. The molecule has 290 valence electrons. The van der Waals surface area contributed by atoms with E-state index in [2.05, 4.69) is 5.32 Å². The van der Waals surface area contributed by atoms with Gasteiger partial charge < -0.3 is 54.9 Å². The molecule has 2 saturated heterocycles. The van der Waals surface area contributed by atoms with Crippen molar-refractivity contribution in [1.29, 1.82) is 0 Å². The summed E-state index contributed by atoms with van der Waals surface area (Å²) in [4.78, 5) is 56.3. The summed E-state index contributed by atoms with van der Waals surface area (Å²) in [5, 5.41) is 52.5. The molecular formula is C38H46ClN3O11Si. The molecular weight excluding hydrogens is 738 g/mol. The summed E-state index contributed by atoms with van der Waals surface area (Å²) in [5.41, 5.74) is 0.881. The van der Waals surface area contributed by atoms with Crippen LogP contribution in [-0.4, -0.2) is 111 Å². The minimum Gasteiger partial charge on any atom is -0.432 e. The number of rotatable bonds is 11. The number of hydrogen-bond donors (Lipinski definition) is 7. The highest BCUT2D eigenvalue weighted by atomic mass is 35.5. The van der Waals surface area contributed by atoms with Crippen molar-refractivity contribution in [2.45, 2.75) is 87.5 Å². The molecule has 6 rings (SSSR count). The first-order valence-corrected chi connectivity index (χ1v) is 21.2. The molecule has 0 aromatic heterocycles. The fourth-order valence-electron chi connectivity index (χ4n) is 8.09. The molecule has 0 unspecified atom stereocenters. The van der Waals surface area contributed by atoms with Crippen LogP contribution in [-0.2, 0) is 42.5 Å². The predicted molar refractivity (Wildman–Crippen MR) is 199 cm³/mol. The van der Waals surface area contributed by atoms with Crippen LogP contribution in [0.1, 0.15) is 30.0 Å².